The largest absolute Gasteiger partial charge is 0.464 e. The minimum Gasteiger partial charge on any atom is -0.464 e. The third-order valence-corrected chi connectivity index (χ3v) is 2.33. The maximum absolute atomic E-state index is 12.4. The highest BCUT2D eigenvalue weighted by Crippen LogP contribution is 2.31. The van der Waals surface area contributed by atoms with Crippen LogP contribution < -0.4 is 0 Å². The molecule has 1 aromatic heterocycles. The number of hydrogen-bond acceptors (Lipinski definition) is 3. The summed E-state index contributed by atoms with van der Waals surface area (Å²) in [7, 11) is 1.11. The monoisotopic (exact) mass is 255 g/mol. The Hall–Kier alpha value is -0.940. The molecule has 3 nitrogen and oxygen atoms in total. The van der Waals surface area contributed by atoms with Gasteiger partial charge in [-0.15, -0.1) is 0 Å². The van der Waals surface area contributed by atoms with E-state index in [9.17, 15) is 13.6 Å². The summed E-state index contributed by atoms with van der Waals surface area (Å²) in [4.78, 5) is 14.4. The highest BCUT2D eigenvalue weighted by Gasteiger charge is 2.20. The summed E-state index contributed by atoms with van der Waals surface area (Å²) >= 11 is 11.0. The molecule has 0 saturated heterocycles. The van der Waals surface area contributed by atoms with Gasteiger partial charge in [-0.05, 0) is 6.07 Å². The molecule has 0 unspecified atom stereocenters. The molecule has 0 radical (unpaired) electrons. The Morgan fingerprint density at radius 1 is 1.53 bits per heavy atom. The summed E-state index contributed by atoms with van der Waals surface area (Å²) in [5.41, 5.74) is -1.04. The number of pyridine rings is 1. The van der Waals surface area contributed by atoms with Crippen LogP contribution in [0.3, 0.4) is 0 Å². The first-order valence-electron chi connectivity index (χ1n) is 3.69. The Morgan fingerprint density at radius 2 is 2.13 bits per heavy atom. The molecular formula is C8H5Cl2F2NO2. The molecule has 0 saturated carbocycles. The topological polar surface area (TPSA) is 39.2 Å². The van der Waals surface area contributed by atoms with Crippen molar-refractivity contribution in [2.24, 2.45) is 0 Å². The van der Waals surface area contributed by atoms with Crippen molar-refractivity contribution in [2.45, 2.75) is 6.43 Å². The first kappa shape index (κ1) is 12.1. The fraction of sp³-hybridized carbons (Fsp3) is 0.250. The molecule has 0 spiro atoms. The average Bonchev–Trinajstić information content (AvgIpc) is 2.20. The lowest BCUT2D eigenvalue weighted by Gasteiger charge is -2.06. The number of alkyl halides is 2. The smallest absolute Gasteiger partial charge is 0.356 e. The van der Waals surface area contributed by atoms with E-state index in [0.717, 1.165) is 13.2 Å². The molecule has 7 heteroatoms. The van der Waals surface area contributed by atoms with E-state index >= 15 is 0 Å². The van der Waals surface area contributed by atoms with Crippen LogP contribution in [0.4, 0.5) is 8.78 Å². The lowest BCUT2D eigenvalue weighted by Crippen LogP contribution is -2.07. The Morgan fingerprint density at radius 3 is 2.60 bits per heavy atom. The van der Waals surface area contributed by atoms with Crippen LogP contribution in [0.15, 0.2) is 6.07 Å². The molecule has 1 heterocycles. The second kappa shape index (κ2) is 4.72. The molecule has 1 rings (SSSR count). The predicted octanol–water partition coefficient (Wildman–Crippen LogP) is 3.11. The molecular weight excluding hydrogens is 251 g/mol. The van der Waals surface area contributed by atoms with E-state index in [2.05, 4.69) is 9.72 Å². The zero-order valence-corrected chi connectivity index (χ0v) is 8.94. The number of methoxy groups -OCH3 is 1. The van der Waals surface area contributed by atoms with Crippen LogP contribution in [-0.2, 0) is 4.74 Å². The van der Waals surface area contributed by atoms with Gasteiger partial charge in [0.1, 0.15) is 11.4 Å². The van der Waals surface area contributed by atoms with Gasteiger partial charge in [-0.1, -0.05) is 23.2 Å². The number of esters is 1. The van der Waals surface area contributed by atoms with Crippen LogP contribution in [0.1, 0.15) is 22.6 Å². The van der Waals surface area contributed by atoms with Crippen molar-refractivity contribution >= 4 is 29.2 Å². The van der Waals surface area contributed by atoms with Crippen molar-refractivity contribution in [1.82, 2.24) is 4.98 Å². The molecule has 0 atom stereocenters. The highest BCUT2D eigenvalue weighted by atomic mass is 35.5. The van der Waals surface area contributed by atoms with Crippen LogP contribution in [0.25, 0.3) is 0 Å². The Balaban J connectivity index is 3.29. The van der Waals surface area contributed by atoms with Crippen LogP contribution in [0, 0.1) is 0 Å². The van der Waals surface area contributed by atoms with Gasteiger partial charge in [0.05, 0.1) is 17.2 Å². The van der Waals surface area contributed by atoms with Gasteiger partial charge < -0.3 is 4.74 Å². The first-order valence-corrected chi connectivity index (χ1v) is 4.45. The third-order valence-electron chi connectivity index (χ3n) is 1.54. The van der Waals surface area contributed by atoms with Crippen LogP contribution in [0.2, 0.25) is 10.0 Å². The van der Waals surface area contributed by atoms with Gasteiger partial charge in [0.2, 0.25) is 0 Å². The fourth-order valence-electron chi connectivity index (χ4n) is 0.871. The van der Waals surface area contributed by atoms with E-state index in [-0.39, 0.29) is 15.7 Å². The summed E-state index contributed by atoms with van der Waals surface area (Å²) < 4.78 is 29.1. The van der Waals surface area contributed by atoms with Gasteiger partial charge in [-0.3, -0.25) is 0 Å². The number of aromatic nitrogens is 1. The number of carbonyl (C=O) groups excluding carboxylic acids is 1. The van der Waals surface area contributed by atoms with E-state index in [1.165, 1.54) is 0 Å². The Bertz CT molecular complexity index is 398. The van der Waals surface area contributed by atoms with Crippen molar-refractivity contribution in [3.05, 3.63) is 27.5 Å². The number of rotatable bonds is 2. The maximum Gasteiger partial charge on any atom is 0.356 e. The van der Waals surface area contributed by atoms with Gasteiger partial charge in [-0.25, -0.2) is 18.6 Å². The van der Waals surface area contributed by atoms with Crippen molar-refractivity contribution in [2.75, 3.05) is 7.11 Å². The van der Waals surface area contributed by atoms with Crippen molar-refractivity contribution in [3.8, 4) is 0 Å². The average molecular weight is 256 g/mol. The lowest BCUT2D eigenvalue weighted by molar-refractivity contribution is 0.0592. The standard InChI is InChI=1S/C8H5Cl2F2NO2/c1-15-8(14)4-2-3(9)5(10)6(13-4)7(11)12/h2,7H,1H3. The molecule has 0 aliphatic rings. The number of nitrogens with zero attached hydrogens (tertiary/aromatic N) is 1. The first-order chi connectivity index (χ1) is 6.97. The summed E-state index contributed by atoms with van der Waals surface area (Å²) in [5, 5.41) is -0.526. The van der Waals surface area contributed by atoms with Crippen LogP contribution in [-0.4, -0.2) is 18.1 Å². The molecule has 82 valence electrons. The van der Waals surface area contributed by atoms with Crippen molar-refractivity contribution in [3.63, 3.8) is 0 Å². The van der Waals surface area contributed by atoms with Gasteiger partial charge in [0.15, 0.2) is 0 Å². The molecule has 0 fully saturated rings. The minimum atomic E-state index is -2.90. The molecule has 0 amide bonds. The van der Waals surface area contributed by atoms with Gasteiger partial charge >= 0.3 is 5.97 Å². The molecule has 0 aliphatic heterocycles. The van der Waals surface area contributed by atoms with Crippen LogP contribution >= 0.6 is 23.2 Å². The molecule has 15 heavy (non-hydrogen) atoms. The van der Waals surface area contributed by atoms with E-state index < -0.39 is 18.1 Å². The number of carbonyl (C=O) groups is 1. The van der Waals surface area contributed by atoms with Gasteiger partial charge in [0.25, 0.3) is 6.43 Å². The second-order valence-corrected chi connectivity index (χ2v) is 3.27. The Labute approximate surface area is 94.0 Å². The van der Waals surface area contributed by atoms with E-state index in [1.807, 2.05) is 0 Å². The summed E-state index contributed by atoms with van der Waals surface area (Å²) in [6.07, 6.45) is -2.90. The zero-order valence-electron chi connectivity index (χ0n) is 7.43. The SMILES string of the molecule is COC(=O)c1cc(Cl)c(Cl)c(C(F)F)n1. The van der Waals surface area contributed by atoms with Crippen molar-refractivity contribution in [1.29, 1.82) is 0 Å². The molecule has 0 bridgehead atoms. The maximum atomic E-state index is 12.4. The quantitative estimate of drug-likeness (QED) is 0.763. The lowest BCUT2D eigenvalue weighted by atomic mass is 10.3. The normalized spacial score (nSPS) is 10.5. The highest BCUT2D eigenvalue weighted by molar-refractivity contribution is 6.42. The number of ether oxygens (including phenoxy) is 1. The summed E-state index contributed by atoms with van der Waals surface area (Å²) in [5.74, 6) is -0.851. The van der Waals surface area contributed by atoms with E-state index in [4.69, 9.17) is 23.2 Å². The predicted molar refractivity (Wildman–Crippen MR) is 50.6 cm³/mol. The second-order valence-electron chi connectivity index (χ2n) is 2.48. The summed E-state index contributed by atoms with van der Waals surface area (Å²) in [6, 6.07) is 1.07. The molecule has 0 aromatic carbocycles. The molecule has 1 aromatic rings. The molecule has 0 N–H and O–H groups in total. The fourth-order valence-corrected chi connectivity index (χ4v) is 1.25. The number of halogens is 4. The number of hydrogen-bond donors (Lipinski definition) is 0. The van der Waals surface area contributed by atoms with Crippen LogP contribution in [0.5, 0.6) is 0 Å². The van der Waals surface area contributed by atoms with Crippen molar-refractivity contribution < 1.29 is 18.3 Å². The third kappa shape index (κ3) is 2.54. The van der Waals surface area contributed by atoms with E-state index in [1.54, 1.807) is 0 Å². The van der Waals surface area contributed by atoms with Gasteiger partial charge in [-0.2, -0.15) is 0 Å². The Kier molecular flexibility index (Phi) is 3.82. The minimum absolute atomic E-state index is 0.164. The van der Waals surface area contributed by atoms with E-state index in [0.29, 0.717) is 0 Å². The summed E-state index contributed by atoms with van der Waals surface area (Å²) in [6.45, 7) is 0. The van der Waals surface area contributed by atoms with Gasteiger partial charge in [0, 0.05) is 0 Å². The molecule has 0 aliphatic carbocycles. The zero-order chi connectivity index (χ0) is 11.6.